The molecule has 1 fully saturated rings. The quantitative estimate of drug-likeness (QED) is 0.789. The van der Waals surface area contributed by atoms with E-state index in [9.17, 15) is 18.0 Å². The van der Waals surface area contributed by atoms with Crippen LogP contribution in [0.5, 0.6) is 0 Å². The van der Waals surface area contributed by atoms with Gasteiger partial charge in [0.1, 0.15) is 5.58 Å². The summed E-state index contributed by atoms with van der Waals surface area (Å²) in [4.78, 5) is 23.8. The van der Waals surface area contributed by atoms with Crippen molar-refractivity contribution in [3.8, 4) is 0 Å². The van der Waals surface area contributed by atoms with E-state index in [1.54, 1.807) is 0 Å². The summed E-state index contributed by atoms with van der Waals surface area (Å²) in [5.41, 5.74) is 3.61. The van der Waals surface area contributed by atoms with Crippen LogP contribution < -0.4 is 5.32 Å². The van der Waals surface area contributed by atoms with Crippen molar-refractivity contribution in [2.75, 3.05) is 18.1 Å². The van der Waals surface area contributed by atoms with Gasteiger partial charge < -0.3 is 14.5 Å². The molecule has 3 rings (SSSR count). The van der Waals surface area contributed by atoms with Crippen LogP contribution in [0.15, 0.2) is 22.8 Å². The van der Waals surface area contributed by atoms with E-state index >= 15 is 0 Å². The molecule has 1 aliphatic rings. The van der Waals surface area contributed by atoms with E-state index in [2.05, 4.69) is 5.32 Å². The van der Waals surface area contributed by atoms with Crippen LogP contribution in [-0.4, -0.2) is 44.4 Å². The molecule has 26 heavy (non-hydrogen) atoms. The Hall–Kier alpha value is -2.35. The number of aryl methyl sites for hydroxylation is 2. The van der Waals surface area contributed by atoms with Gasteiger partial charge in [-0.2, -0.15) is 0 Å². The van der Waals surface area contributed by atoms with Gasteiger partial charge in [-0.15, -0.1) is 0 Å². The first-order valence-electron chi connectivity index (χ1n) is 8.36. The van der Waals surface area contributed by atoms with Gasteiger partial charge in [-0.25, -0.2) is 8.42 Å². The van der Waals surface area contributed by atoms with Crippen molar-refractivity contribution in [2.45, 2.75) is 32.7 Å². The Labute approximate surface area is 151 Å². The second-order valence-electron chi connectivity index (χ2n) is 6.70. The minimum atomic E-state index is -3.07. The Kier molecular flexibility index (Phi) is 5.04. The van der Waals surface area contributed by atoms with Crippen molar-refractivity contribution in [3.63, 3.8) is 0 Å². The highest BCUT2D eigenvalue weighted by atomic mass is 32.2. The molecular weight excluding hydrogens is 358 g/mol. The van der Waals surface area contributed by atoms with Crippen molar-refractivity contribution in [2.24, 2.45) is 0 Å². The first kappa shape index (κ1) is 18.4. The van der Waals surface area contributed by atoms with Gasteiger partial charge >= 0.3 is 5.97 Å². The lowest BCUT2D eigenvalue weighted by Crippen LogP contribution is -2.38. The number of rotatable bonds is 5. The van der Waals surface area contributed by atoms with Crippen molar-refractivity contribution in [1.82, 2.24) is 5.32 Å². The highest BCUT2D eigenvalue weighted by Gasteiger charge is 2.29. The van der Waals surface area contributed by atoms with Crippen LogP contribution in [-0.2, 0) is 30.6 Å². The van der Waals surface area contributed by atoms with Crippen LogP contribution >= 0.6 is 0 Å². The average molecular weight is 379 g/mol. The third kappa shape index (κ3) is 4.24. The number of sulfone groups is 1. The number of carbonyl (C=O) groups is 2. The van der Waals surface area contributed by atoms with Crippen LogP contribution in [0.4, 0.5) is 0 Å². The van der Waals surface area contributed by atoms with Gasteiger partial charge in [-0.1, -0.05) is 0 Å². The van der Waals surface area contributed by atoms with E-state index in [-0.39, 0.29) is 17.9 Å². The number of ether oxygens (including phenoxy) is 1. The average Bonchev–Trinajstić information content (AvgIpc) is 3.09. The summed E-state index contributed by atoms with van der Waals surface area (Å²) < 4.78 is 33.2. The molecule has 2 heterocycles. The summed E-state index contributed by atoms with van der Waals surface area (Å²) in [5.74, 6) is -1.03. The number of carbonyl (C=O) groups excluding carboxylic acids is 2. The molecule has 1 atom stereocenters. The third-order valence-electron chi connectivity index (χ3n) is 4.57. The van der Waals surface area contributed by atoms with Crippen LogP contribution in [0.3, 0.4) is 0 Å². The SMILES string of the molecule is Cc1cc2occ(CC(=O)OCC(=O)N[C@@H]3CCS(=O)(=O)C3)c2cc1C. The number of fused-ring (bicyclic) bond motifs is 1. The van der Waals surface area contributed by atoms with Gasteiger partial charge in [-0.05, 0) is 43.5 Å². The lowest BCUT2D eigenvalue weighted by molar-refractivity contribution is -0.148. The zero-order valence-corrected chi connectivity index (χ0v) is 15.5. The maximum Gasteiger partial charge on any atom is 0.310 e. The first-order valence-corrected chi connectivity index (χ1v) is 10.2. The fourth-order valence-corrected chi connectivity index (χ4v) is 4.68. The number of amides is 1. The van der Waals surface area contributed by atoms with Crippen molar-refractivity contribution in [3.05, 3.63) is 35.1 Å². The molecule has 0 spiro atoms. The van der Waals surface area contributed by atoms with Crippen LogP contribution in [0, 0.1) is 13.8 Å². The van der Waals surface area contributed by atoms with E-state index in [0.717, 1.165) is 16.5 Å². The number of furan rings is 1. The summed E-state index contributed by atoms with van der Waals surface area (Å²) in [5, 5.41) is 3.43. The maximum atomic E-state index is 12.0. The summed E-state index contributed by atoms with van der Waals surface area (Å²) >= 11 is 0. The van der Waals surface area contributed by atoms with Crippen LogP contribution in [0.2, 0.25) is 0 Å². The zero-order valence-electron chi connectivity index (χ0n) is 14.7. The fraction of sp³-hybridized carbons (Fsp3) is 0.444. The molecule has 0 unspecified atom stereocenters. The van der Waals surface area contributed by atoms with Gasteiger partial charge in [0.25, 0.3) is 5.91 Å². The smallest absolute Gasteiger partial charge is 0.310 e. The molecule has 1 aromatic heterocycles. The Morgan fingerprint density at radius 1 is 1.27 bits per heavy atom. The van der Waals surface area contributed by atoms with E-state index < -0.39 is 34.4 Å². The molecule has 0 bridgehead atoms. The molecule has 7 nitrogen and oxygen atoms in total. The number of benzene rings is 1. The molecule has 0 saturated carbocycles. The number of nitrogens with one attached hydrogen (secondary N) is 1. The Balaban J connectivity index is 1.53. The second-order valence-corrected chi connectivity index (χ2v) is 8.93. The predicted octanol–water partition coefficient (Wildman–Crippen LogP) is 1.44. The first-order chi connectivity index (χ1) is 12.2. The Morgan fingerprint density at radius 2 is 2.00 bits per heavy atom. The molecular formula is C18H21NO6S. The molecule has 0 aliphatic carbocycles. The van der Waals surface area contributed by atoms with Crippen molar-refractivity contribution < 1.29 is 27.2 Å². The van der Waals surface area contributed by atoms with Crippen LogP contribution in [0.25, 0.3) is 11.0 Å². The third-order valence-corrected chi connectivity index (χ3v) is 6.33. The van der Waals surface area contributed by atoms with Gasteiger partial charge in [0.05, 0.1) is 24.2 Å². The van der Waals surface area contributed by atoms with E-state index in [0.29, 0.717) is 17.6 Å². The number of esters is 1. The van der Waals surface area contributed by atoms with Gasteiger partial charge in [0.15, 0.2) is 16.4 Å². The molecule has 1 N–H and O–H groups in total. The standard InChI is InChI=1S/C18H21NO6S/c1-11-5-15-13(8-24-16(15)6-12(11)2)7-18(21)25-9-17(20)19-14-3-4-26(22,23)10-14/h5-6,8,14H,3-4,7,9-10H2,1-2H3,(H,19,20)/t14-/m1/s1. The Morgan fingerprint density at radius 3 is 2.69 bits per heavy atom. The van der Waals surface area contributed by atoms with Gasteiger partial charge in [0.2, 0.25) is 0 Å². The highest BCUT2D eigenvalue weighted by Crippen LogP contribution is 2.25. The van der Waals surface area contributed by atoms with Crippen LogP contribution in [0.1, 0.15) is 23.1 Å². The normalized spacial score (nSPS) is 18.8. The fourth-order valence-electron chi connectivity index (χ4n) is 3.00. The summed E-state index contributed by atoms with van der Waals surface area (Å²) in [7, 11) is -3.07. The topological polar surface area (TPSA) is 103 Å². The molecule has 1 aliphatic heterocycles. The molecule has 0 radical (unpaired) electrons. The molecule has 2 aromatic rings. The summed E-state index contributed by atoms with van der Waals surface area (Å²) in [6, 6.07) is 3.47. The molecule has 1 saturated heterocycles. The highest BCUT2D eigenvalue weighted by molar-refractivity contribution is 7.91. The lowest BCUT2D eigenvalue weighted by atomic mass is 10.0. The molecule has 1 aromatic carbocycles. The van der Waals surface area contributed by atoms with Gasteiger partial charge in [0, 0.05) is 17.0 Å². The molecule has 8 heteroatoms. The predicted molar refractivity (Wildman–Crippen MR) is 95.6 cm³/mol. The van der Waals surface area contributed by atoms with Crippen molar-refractivity contribution >= 4 is 32.7 Å². The minimum absolute atomic E-state index is 0.000584. The minimum Gasteiger partial charge on any atom is -0.464 e. The van der Waals surface area contributed by atoms with E-state index in [4.69, 9.17) is 9.15 Å². The number of hydrogen-bond acceptors (Lipinski definition) is 6. The lowest BCUT2D eigenvalue weighted by Gasteiger charge is -2.10. The zero-order chi connectivity index (χ0) is 18.9. The van der Waals surface area contributed by atoms with Gasteiger partial charge in [-0.3, -0.25) is 9.59 Å². The molecule has 1 amide bonds. The van der Waals surface area contributed by atoms with E-state index in [1.165, 1.54) is 6.26 Å². The molecule has 140 valence electrons. The summed E-state index contributed by atoms with van der Waals surface area (Å²) in [6.07, 6.45) is 1.91. The maximum absolute atomic E-state index is 12.0. The Bertz CT molecular complexity index is 959. The summed E-state index contributed by atoms with van der Waals surface area (Å²) in [6.45, 7) is 3.54. The van der Waals surface area contributed by atoms with Crippen molar-refractivity contribution in [1.29, 1.82) is 0 Å². The monoisotopic (exact) mass is 379 g/mol. The largest absolute Gasteiger partial charge is 0.464 e. The number of hydrogen-bond donors (Lipinski definition) is 1. The second kappa shape index (κ2) is 7.11. The van der Waals surface area contributed by atoms with E-state index in [1.807, 2.05) is 26.0 Å².